The van der Waals surface area contributed by atoms with Crippen LogP contribution in [0.15, 0.2) is 22.7 Å². The van der Waals surface area contributed by atoms with E-state index >= 15 is 0 Å². The minimum Gasteiger partial charge on any atom is -0.325 e. The van der Waals surface area contributed by atoms with Crippen molar-refractivity contribution in [3.05, 3.63) is 23.8 Å². The van der Waals surface area contributed by atoms with Crippen molar-refractivity contribution in [2.75, 3.05) is 0 Å². The van der Waals surface area contributed by atoms with Gasteiger partial charge in [0, 0.05) is 25.5 Å². The van der Waals surface area contributed by atoms with Crippen LogP contribution in [-0.4, -0.2) is 19.1 Å². The first kappa shape index (κ1) is 23.4. The van der Waals surface area contributed by atoms with Crippen molar-refractivity contribution in [2.24, 2.45) is 0 Å². The Kier molecular flexibility index (Phi) is 11.2. The zero-order chi connectivity index (χ0) is 20.2. The summed E-state index contributed by atoms with van der Waals surface area (Å²) < 4.78 is 4.65. The van der Waals surface area contributed by atoms with E-state index in [2.05, 4.69) is 49.2 Å². The van der Waals surface area contributed by atoms with Crippen molar-refractivity contribution in [1.82, 2.24) is 19.1 Å². The van der Waals surface area contributed by atoms with Gasteiger partial charge in [0.2, 0.25) is 0 Å². The molecule has 4 nitrogen and oxygen atoms in total. The average molecular weight is 423 g/mol. The molecule has 0 saturated carbocycles. The molecule has 0 radical (unpaired) electrons. The van der Waals surface area contributed by atoms with E-state index < -0.39 is 0 Å². The fourth-order valence-electron chi connectivity index (χ4n) is 3.35. The molecule has 0 bridgehead atoms. The molecule has 0 fully saturated rings. The van der Waals surface area contributed by atoms with E-state index in [4.69, 9.17) is 9.97 Å². The van der Waals surface area contributed by atoms with Crippen LogP contribution in [0.1, 0.15) is 89.4 Å². The van der Waals surface area contributed by atoms with Gasteiger partial charge in [-0.1, -0.05) is 65.2 Å². The van der Waals surface area contributed by atoms with Crippen LogP contribution in [0.3, 0.4) is 0 Å². The van der Waals surface area contributed by atoms with E-state index in [1.165, 1.54) is 64.2 Å². The Morgan fingerprint density at radius 1 is 0.643 bits per heavy atom. The molecule has 0 N–H and O–H groups in total. The molecule has 0 aromatic carbocycles. The second-order valence-corrected chi connectivity index (χ2v) is 9.78. The van der Waals surface area contributed by atoms with E-state index in [1.54, 1.807) is 21.6 Å². The van der Waals surface area contributed by atoms with E-state index in [1.807, 2.05) is 0 Å². The number of rotatable bonds is 15. The molecule has 2 rings (SSSR count). The molecule has 2 heterocycles. The highest BCUT2D eigenvalue weighted by Crippen LogP contribution is 2.36. The van der Waals surface area contributed by atoms with Crippen LogP contribution >= 0.6 is 21.6 Å². The number of unbranched alkanes of at least 4 members (excludes halogenated alkanes) is 8. The molecular weight excluding hydrogens is 384 g/mol. The van der Waals surface area contributed by atoms with Crippen LogP contribution in [0.4, 0.5) is 0 Å². The van der Waals surface area contributed by atoms with Gasteiger partial charge in [0.25, 0.3) is 0 Å². The highest BCUT2D eigenvalue weighted by molar-refractivity contribution is 8.76. The molecule has 0 unspecified atom stereocenters. The van der Waals surface area contributed by atoms with Crippen molar-refractivity contribution in [3.63, 3.8) is 0 Å². The third kappa shape index (κ3) is 8.24. The highest BCUT2D eigenvalue weighted by Gasteiger charge is 2.12. The summed E-state index contributed by atoms with van der Waals surface area (Å²) in [5, 5.41) is 2.21. The SMILES string of the molecule is CCCCCCCn1cc(C)nc1SSc1nc(C)cn1CCCCCCC. The molecule has 0 amide bonds. The van der Waals surface area contributed by atoms with E-state index in [0.29, 0.717) is 0 Å². The molecule has 28 heavy (non-hydrogen) atoms. The summed E-state index contributed by atoms with van der Waals surface area (Å²) in [5.74, 6) is 0. The largest absolute Gasteiger partial charge is 0.325 e. The lowest BCUT2D eigenvalue weighted by atomic mass is 10.1. The number of aromatic nitrogens is 4. The van der Waals surface area contributed by atoms with Gasteiger partial charge >= 0.3 is 0 Å². The number of imidazole rings is 2. The summed E-state index contributed by atoms with van der Waals surface area (Å²) >= 11 is 0. The molecule has 0 aliphatic heterocycles. The van der Waals surface area contributed by atoms with Gasteiger partial charge in [0.15, 0.2) is 10.3 Å². The zero-order valence-corrected chi connectivity index (χ0v) is 19.9. The molecule has 6 heteroatoms. The lowest BCUT2D eigenvalue weighted by molar-refractivity contribution is 0.543. The van der Waals surface area contributed by atoms with Crippen LogP contribution in [0.2, 0.25) is 0 Å². The second-order valence-electron chi connectivity index (χ2n) is 7.71. The molecule has 158 valence electrons. The van der Waals surface area contributed by atoms with Gasteiger partial charge in [-0.05, 0) is 48.3 Å². The fraction of sp³-hybridized carbons (Fsp3) is 0.727. The zero-order valence-electron chi connectivity index (χ0n) is 18.2. The smallest absolute Gasteiger partial charge is 0.179 e. The molecule has 2 aromatic rings. The van der Waals surface area contributed by atoms with Gasteiger partial charge in [-0.15, -0.1) is 0 Å². The number of aryl methyl sites for hydroxylation is 4. The van der Waals surface area contributed by atoms with E-state index in [-0.39, 0.29) is 0 Å². The summed E-state index contributed by atoms with van der Waals surface area (Å²) in [6.07, 6.45) is 17.4. The Balaban J connectivity index is 1.86. The quantitative estimate of drug-likeness (QED) is 0.221. The lowest BCUT2D eigenvalue weighted by Gasteiger charge is -2.08. The number of hydrogen-bond donors (Lipinski definition) is 0. The predicted molar refractivity (Wildman–Crippen MR) is 123 cm³/mol. The minimum atomic E-state index is 1.07. The maximum atomic E-state index is 4.74. The lowest BCUT2D eigenvalue weighted by Crippen LogP contribution is -1.99. The van der Waals surface area contributed by atoms with E-state index in [0.717, 1.165) is 34.8 Å². The molecule has 0 aliphatic rings. The highest BCUT2D eigenvalue weighted by atomic mass is 33.1. The van der Waals surface area contributed by atoms with Crippen molar-refractivity contribution in [3.8, 4) is 0 Å². The monoisotopic (exact) mass is 422 g/mol. The Bertz CT molecular complexity index is 620. The summed E-state index contributed by atoms with van der Waals surface area (Å²) in [6.45, 7) is 10.8. The summed E-state index contributed by atoms with van der Waals surface area (Å²) in [7, 11) is 3.50. The third-order valence-corrected chi connectivity index (χ3v) is 7.09. The third-order valence-electron chi connectivity index (χ3n) is 4.92. The first-order valence-corrected chi connectivity index (χ1v) is 13.2. The fourth-order valence-corrected chi connectivity index (χ4v) is 5.59. The number of hydrogen-bond acceptors (Lipinski definition) is 4. The van der Waals surface area contributed by atoms with Crippen molar-refractivity contribution in [2.45, 2.75) is 115 Å². The summed E-state index contributed by atoms with van der Waals surface area (Å²) in [5.41, 5.74) is 2.21. The predicted octanol–water partition coefficient (Wildman–Crippen LogP) is 7.44. The van der Waals surface area contributed by atoms with Crippen molar-refractivity contribution >= 4 is 21.6 Å². The van der Waals surface area contributed by atoms with Gasteiger partial charge in [-0.25, -0.2) is 9.97 Å². The molecule has 2 aromatic heterocycles. The molecule has 0 saturated heterocycles. The number of nitrogens with zero attached hydrogens (tertiary/aromatic N) is 4. The van der Waals surface area contributed by atoms with Crippen LogP contribution < -0.4 is 0 Å². The maximum Gasteiger partial charge on any atom is 0.179 e. The van der Waals surface area contributed by atoms with Gasteiger partial charge in [0.1, 0.15) is 0 Å². The van der Waals surface area contributed by atoms with Crippen LogP contribution in [0.5, 0.6) is 0 Å². The average Bonchev–Trinajstić information content (AvgIpc) is 3.21. The minimum absolute atomic E-state index is 1.07. The van der Waals surface area contributed by atoms with Gasteiger partial charge in [-0.2, -0.15) is 0 Å². The molecular formula is C22H38N4S2. The molecule has 0 aliphatic carbocycles. The van der Waals surface area contributed by atoms with E-state index in [9.17, 15) is 0 Å². The van der Waals surface area contributed by atoms with Gasteiger partial charge in [-0.3, -0.25) is 0 Å². The second kappa shape index (κ2) is 13.4. The topological polar surface area (TPSA) is 35.6 Å². The Labute approximate surface area is 179 Å². The maximum absolute atomic E-state index is 4.74. The standard InChI is InChI=1S/C22H38N4S2/c1-5-7-9-11-13-15-25-17-19(3)23-21(25)27-28-22-24-20(4)18-26(22)16-14-12-10-8-6-2/h17-18H,5-16H2,1-4H3. The summed E-state index contributed by atoms with van der Waals surface area (Å²) in [4.78, 5) is 9.48. The van der Waals surface area contributed by atoms with Crippen molar-refractivity contribution in [1.29, 1.82) is 0 Å². The summed E-state index contributed by atoms with van der Waals surface area (Å²) in [6, 6.07) is 0. The normalized spacial score (nSPS) is 11.4. The Morgan fingerprint density at radius 3 is 1.43 bits per heavy atom. The molecule has 0 atom stereocenters. The van der Waals surface area contributed by atoms with Crippen LogP contribution in [0.25, 0.3) is 0 Å². The van der Waals surface area contributed by atoms with Gasteiger partial charge in [0.05, 0.1) is 11.4 Å². The molecule has 0 spiro atoms. The first-order chi connectivity index (χ1) is 13.6. The Morgan fingerprint density at radius 2 is 1.04 bits per heavy atom. The Hall–Kier alpha value is -0.880. The van der Waals surface area contributed by atoms with Crippen molar-refractivity contribution < 1.29 is 0 Å². The van der Waals surface area contributed by atoms with Crippen LogP contribution in [-0.2, 0) is 13.1 Å². The van der Waals surface area contributed by atoms with Crippen LogP contribution in [0, 0.1) is 13.8 Å². The van der Waals surface area contributed by atoms with Gasteiger partial charge < -0.3 is 9.13 Å². The first-order valence-electron chi connectivity index (χ1n) is 11.1.